The predicted octanol–water partition coefficient (Wildman–Crippen LogP) is 1.22. The van der Waals surface area contributed by atoms with Crippen LogP contribution in [0.4, 0.5) is 5.82 Å². The largest absolute Gasteiger partial charge is 0.497 e. The van der Waals surface area contributed by atoms with Crippen molar-refractivity contribution in [1.29, 1.82) is 0 Å². The van der Waals surface area contributed by atoms with Crippen LogP contribution in [0.15, 0.2) is 24.5 Å². The molecule has 10 heteroatoms. The van der Waals surface area contributed by atoms with Crippen molar-refractivity contribution in [2.45, 2.75) is 13.5 Å². The van der Waals surface area contributed by atoms with Crippen LogP contribution >= 0.6 is 0 Å². The van der Waals surface area contributed by atoms with Gasteiger partial charge in [-0.3, -0.25) is 4.79 Å². The highest BCUT2D eigenvalue weighted by Crippen LogP contribution is 2.27. The Hall–Kier alpha value is -3.43. The van der Waals surface area contributed by atoms with Gasteiger partial charge in [0.1, 0.15) is 17.8 Å². The molecule has 29 heavy (non-hydrogen) atoms. The Labute approximate surface area is 168 Å². The molecule has 0 radical (unpaired) electrons. The van der Waals surface area contributed by atoms with E-state index in [0.717, 1.165) is 11.5 Å². The highest BCUT2D eigenvalue weighted by Gasteiger charge is 2.26. The molecule has 3 heterocycles. The molecule has 1 amide bonds. The Morgan fingerprint density at radius 2 is 1.90 bits per heavy atom. The highest BCUT2D eigenvalue weighted by molar-refractivity contribution is 5.97. The van der Waals surface area contributed by atoms with E-state index >= 15 is 0 Å². The summed E-state index contributed by atoms with van der Waals surface area (Å²) < 4.78 is 12.3. The Morgan fingerprint density at radius 3 is 2.59 bits per heavy atom. The number of methoxy groups -OCH3 is 2. The number of benzene rings is 1. The second kappa shape index (κ2) is 7.90. The van der Waals surface area contributed by atoms with Gasteiger partial charge in [-0.15, -0.1) is 5.10 Å². The third-order valence-electron chi connectivity index (χ3n) is 5.09. The summed E-state index contributed by atoms with van der Waals surface area (Å²) in [5.74, 6) is 1.85. The molecule has 3 aromatic rings. The molecule has 1 aliphatic heterocycles. The van der Waals surface area contributed by atoms with Crippen LogP contribution in [0.25, 0.3) is 11.2 Å². The summed E-state index contributed by atoms with van der Waals surface area (Å²) in [6, 6.07) is 5.22. The lowest BCUT2D eigenvalue weighted by Crippen LogP contribution is -2.49. The van der Waals surface area contributed by atoms with Gasteiger partial charge in [0.2, 0.25) is 0 Å². The fraction of sp³-hybridized carbons (Fsp3) is 0.421. The molecule has 0 unspecified atom stereocenters. The van der Waals surface area contributed by atoms with Gasteiger partial charge in [0.05, 0.1) is 19.8 Å². The third-order valence-corrected chi connectivity index (χ3v) is 5.09. The van der Waals surface area contributed by atoms with E-state index in [1.165, 1.54) is 6.33 Å². The summed E-state index contributed by atoms with van der Waals surface area (Å²) in [4.78, 5) is 25.7. The van der Waals surface area contributed by atoms with E-state index in [2.05, 4.69) is 25.2 Å². The van der Waals surface area contributed by atoms with Gasteiger partial charge in [-0.05, 0) is 19.1 Å². The van der Waals surface area contributed by atoms with Crippen molar-refractivity contribution < 1.29 is 14.3 Å². The molecular formula is C19H23N7O3. The smallest absolute Gasteiger partial charge is 0.257 e. The Bertz CT molecular complexity index is 1030. The number of anilines is 1. The van der Waals surface area contributed by atoms with Gasteiger partial charge in [-0.1, -0.05) is 5.21 Å². The molecular weight excluding hydrogens is 374 g/mol. The molecule has 1 aliphatic rings. The average Bonchev–Trinajstić information content (AvgIpc) is 3.21. The first-order chi connectivity index (χ1) is 14.2. The van der Waals surface area contributed by atoms with Crippen LogP contribution in [-0.4, -0.2) is 76.2 Å². The number of amides is 1. The molecule has 0 N–H and O–H groups in total. The van der Waals surface area contributed by atoms with Crippen molar-refractivity contribution in [2.24, 2.45) is 0 Å². The number of rotatable bonds is 5. The number of ether oxygens (including phenoxy) is 2. The fourth-order valence-electron chi connectivity index (χ4n) is 3.49. The summed E-state index contributed by atoms with van der Waals surface area (Å²) in [6.45, 7) is 5.13. The van der Waals surface area contributed by atoms with Gasteiger partial charge in [0.25, 0.3) is 5.91 Å². The Kier molecular flexibility index (Phi) is 5.15. The quantitative estimate of drug-likeness (QED) is 0.634. The molecule has 10 nitrogen and oxygen atoms in total. The molecule has 0 atom stereocenters. The zero-order valence-electron chi connectivity index (χ0n) is 16.7. The van der Waals surface area contributed by atoms with E-state index in [4.69, 9.17) is 9.47 Å². The van der Waals surface area contributed by atoms with E-state index in [0.29, 0.717) is 55.3 Å². The van der Waals surface area contributed by atoms with Crippen LogP contribution in [0.3, 0.4) is 0 Å². The maximum Gasteiger partial charge on any atom is 0.257 e. The third kappa shape index (κ3) is 3.41. The van der Waals surface area contributed by atoms with Gasteiger partial charge in [0.15, 0.2) is 17.0 Å². The van der Waals surface area contributed by atoms with Gasteiger partial charge in [-0.25, -0.2) is 14.6 Å². The molecule has 1 fully saturated rings. The van der Waals surface area contributed by atoms with Crippen molar-refractivity contribution in [2.75, 3.05) is 45.3 Å². The molecule has 0 aliphatic carbocycles. The zero-order valence-corrected chi connectivity index (χ0v) is 16.7. The second-order valence-corrected chi connectivity index (χ2v) is 6.62. The fourth-order valence-corrected chi connectivity index (χ4v) is 3.49. The molecule has 1 saturated heterocycles. The van der Waals surface area contributed by atoms with Gasteiger partial charge < -0.3 is 19.3 Å². The van der Waals surface area contributed by atoms with Crippen molar-refractivity contribution in [3.63, 3.8) is 0 Å². The lowest BCUT2D eigenvalue weighted by molar-refractivity contribution is 0.0743. The first-order valence-corrected chi connectivity index (χ1v) is 9.46. The lowest BCUT2D eigenvalue weighted by Gasteiger charge is -2.35. The maximum atomic E-state index is 13.0. The van der Waals surface area contributed by atoms with E-state index in [1.54, 1.807) is 37.1 Å². The number of fused-ring (bicyclic) bond motifs is 1. The van der Waals surface area contributed by atoms with Crippen LogP contribution in [0.2, 0.25) is 0 Å². The number of hydrogen-bond donors (Lipinski definition) is 0. The number of carbonyl (C=O) groups is 1. The van der Waals surface area contributed by atoms with E-state index < -0.39 is 0 Å². The van der Waals surface area contributed by atoms with Crippen molar-refractivity contribution in [1.82, 2.24) is 29.9 Å². The lowest BCUT2D eigenvalue weighted by atomic mass is 10.1. The monoisotopic (exact) mass is 397 g/mol. The number of carbonyl (C=O) groups excluding carboxylic acids is 1. The number of nitrogens with zero attached hydrogens (tertiary/aromatic N) is 7. The summed E-state index contributed by atoms with van der Waals surface area (Å²) >= 11 is 0. The minimum Gasteiger partial charge on any atom is -0.497 e. The zero-order chi connectivity index (χ0) is 20.4. The van der Waals surface area contributed by atoms with E-state index in [-0.39, 0.29) is 5.91 Å². The van der Waals surface area contributed by atoms with Crippen molar-refractivity contribution in [3.05, 3.63) is 30.1 Å². The van der Waals surface area contributed by atoms with Crippen molar-refractivity contribution >= 4 is 22.9 Å². The topological polar surface area (TPSA) is 98.5 Å². The van der Waals surface area contributed by atoms with E-state index in [9.17, 15) is 4.79 Å². The Morgan fingerprint density at radius 1 is 1.10 bits per heavy atom. The van der Waals surface area contributed by atoms with Crippen LogP contribution in [0, 0.1) is 0 Å². The second-order valence-electron chi connectivity index (χ2n) is 6.62. The van der Waals surface area contributed by atoms with E-state index in [1.807, 2.05) is 11.8 Å². The Balaban J connectivity index is 1.50. The molecule has 152 valence electrons. The van der Waals surface area contributed by atoms with Crippen LogP contribution < -0.4 is 14.4 Å². The molecule has 2 aromatic heterocycles. The molecule has 4 rings (SSSR count). The maximum absolute atomic E-state index is 13.0. The summed E-state index contributed by atoms with van der Waals surface area (Å²) in [6.07, 6.45) is 1.53. The van der Waals surface area contributed by atoms with Crippen molar-refractivity contribution in [3.8, 4) is 11.5 Å². The SMILES string of the molecule is CCn1nnc2c(N3CCN(C(=O)c4ccc(OC)cc4OC)CC3)ncnc21. The number of aryl methyl sites for hydroxylation is 1. The number of aromatic nitrogens is 5. The first-order valence-electron chi connectivity index (χ1n) is 9.46. The molecule has 0 bridgehead atoms. The van der Waals surface area contributed by atoms with Crippen LogP contribution in [0.5, 0.6) is 11.5 Å². The number of hydrogen-bond acceptors (Lipinski definition) is 8. The number of piperazine rings is 1. The molecule has 0 spiro atoms. The normalized spacial score (nSPS) is 14.3. The van der Waals surface area contributed by atoms with Crippen LogP contribution in [-0.2, 0) is 6.54 Å². The molecule has 1 aromatic carbocycles. The first kappa shape index (κ1) is 18.9. The average molecular weight is 397 g/mol. The summed E-state index contributed by atoms with van der Waals surface area (Å²) in [5.41, 5.74) is 1.93. The standard InChI is InChI=1S/C19H23N7O3/c1-4-26-18-16(22-23-26)17(20-12-21-18)24-7-9-25(10-8-24)19(27)14-6-5-13(28-2)11-15(14)29-3/h5-6,11-12H,4,7-10H2,1-3H3. The van der Waals surface area contributed by atoms with Gasteiger partial charge in [-0.2, -0.15) is 0 Å². The summed E-state index contributed by atoms with van der Waals surface area (Å²) in [5, 5.41) is 8.38. The minimum absolute atomic E-state index is 0.0612. The predicted molar refractivity (Wildman–Crippen MR) is 106 cm³/mol. The minimum atomic E-state index is -0.0612. The molecule has 0 saturated carbocycles. The highest BCUT2D eigenvalue weighted by atomic mass is 16.5. The van der Waals surface area contributed by atoms with Crippen LogP contribution in [0.1, 0.15) is 17.3 Å². The van der Waals surface area contributed by atoms with Gasteiger partial charge in [0, 0.05) is 38.8 Å². The summed E-state index contributed by atoms with van der Waals surface area (Å²) in [7, 11) is 3.13. The van der Waals surface area contributed by atoms with Gasteiger partial charge >= 0.3 is 0 Å².